The molecule has 2 aliphatic heterocycles. The largest absolute Gasteiger partial charge is 0.351 e. The number of amides is 1. The SMILES string of the molecule is NC(=O)n1cnc2c1C=CN1C=CC=CN=C21. The number of imidazole rings is 1. The molecule has 2 N–H and O–H groups in total. The van der Waals surface area contributed by atoms with E-state index in [0.717, 1.165) is 0 Å². The van der Waals surface area contributed by atoms with E-state index in [0.29, 0.717) is 17.2 Å². The Hall–Kier alpha value is -2.63. The lowest BCUT2D eigenvalue weighted by Crippen LogP contribution is -2.27. The molecule has 2 aliphatic rings. The van der Waals surface area contributed by atoms with Gasteiger partial charge in [-0.2, -0.15) is 0 Å². The molecule has 84 valence electrons. The van der Waals surface area contributed by atoms with Gasteiger partial charge in [0.15, 0.2) is 5.84 Å². The molecule has 0 unspecified atom stereocenters. The van der Waals surface area contributed by atoms with E-state index >= 15 is 0 Å². The average Bonchev–Trinajstić information content (AvgIpc) is 2.60. The highest BCUT2D eigenvalue weighted by molar-refractivity contribution is 6.04. The number of hydrogen-bond acceptors (Lipinski definition) is 4. The summed E-state index contributed by atoms with van der Waals surface area (Å²) >= 11 is 0. The summed E-state index contributed by atoms with van der Waals surface area (Å²) in [6.07, 6.45) is 12.2. The Labute approximate surface area is 97.1 Å². The smallest absolute Gasteiger partial charge is 0.324 e. The van der Waals surface area contributed by atoms with E-state index in [4.69, 9.17) is 5.73 Å². The number of allylic oxidation sites excluding steroid dienone is 2. The first-order valence-corrected chi connectivity index (χ1v) is 5.02. The monoisotopic (exact) mass is 227 g/mol. The first kappa shape index (κ1) is 9.59. The van der Waals surface area contributed by atoms with Crippen molar-refractivity contribution < 1.29 is 4.79 Å². The lowest BCUT2D eigenvalue weighted by Gasteiger charge is -2.20. The van der Waals surface area contributed by atoms with Crippen LogP contribution in [-0.4, -0.2) is 26.3 Å². The summed E-state index contributed by atoms with van der Waals surface area (Å²) < 4.78 is 1.30. The minimum atomic E-state index is -0.558. The van der Waals surface area contributed by atoms with Crippen LogP contribution in [0.5, 0.6) is 0 Å². The van der Waals surface area contributed by atoms with E-state index in [9.17, 15) is 4.79 Å². The van der Waals surface area contributed by atoms with Gasteiger partial charge in [-0.1, -0.05) is 0 Å². The van der Waals surface area contributed by atoms with Crippen molar-refractivity contribution >= 4 is 17.9 Å². The topological polar surface area (TPSA) is 76.5 Å². The summed E-state index contributed by atoms with van der Waals surface area (Å²) in [7, 11) is 0. The lowest BCUT2D eigenvalue weighted by molar-refractivity contribution is 0.250. The summed E-state index contributed by atoms with van der Waals surface area (Å²) in [6, 6.07) is -0.558. The van der Waals surface area contributed by atoms with E-state index in [1.807, 2.05) is 29.5 Å². The zero-order valence-electron chi connectivity index (χ0n) is 8.82. The van der Waals surface area contributed by atoms with Crippen LogP contribution >= 0.6 is 0 Å². The zero-order valence-corrected chi connectivity index (χ0v) is 8.82. The molecule has 0 aliphatic carbocycles. The maximum Gasteiger partial charge on any atom is 0.324 e. The Morgan fingerprint density at radius 2 is 2.18 bits per heavy atom. The summed E-state index contributed by atoms with van der Waals surface area (Å²) in [5.41, 5.74) is 6.54. The number of primary amides is 1. The quantitative estimate of drug-likeness (QED) is 0.714. The van der Waals surface area contributed by atoms with Gasteiger partial charge in [0, 0.05) is 18.6 Å². The fraction of sp³-hybridized carbons (Fsp3) is 0. The Kier molecular flexibility index (Phi) is 1.94. The predicted octanol–water partition coefficient (Wildman–Crippen LogP) is 0.884. The number of nitrogens with zero attached hydrogens (tertiary/aromatic N) is 4. The van der Waals surface area contributed by atoms with Crippen molar-refractivity contribution in [2.75, 3.05) is 0 Å². The number of amidine groups is 1. The minimum absolute atomic E-state index is 0.558. The van der Waals surface area contributed by atoms with Gasteiger partial charge in [0.2, 0.25) is 0 Å². The van der Waals surface area contributed by atoms with Crippen molar-refractivity contribution in [3.05, 3.63) is 48.5 Å². The van der Waals surface area contributed by atoms with Crippen LogP contribution in [0.25, 0.3) is 6.08 Å². The molecule has 3 rings (SSSR count). The van der Waals surface area contributed by atoms with Crippen molar-refractivity contribution in [3.63, 3.8) is 0 Å². The molecule has 0 saturated heterocycles. The molecule has 1 aromatic rings. The highest BCUT2D eigenvalue weighted by atomic mass is 16.2. The van der Waals surface area contributed by atoms with E-state index in [2.05, 4.69) is 9.98 Å². The van der Waals surface area contributed by atoms with Gasteiger partial charge in [-0.3, -0.25) is 4.57 Å². The fourth-order valence-electron chi connectivity index (χ4n) is 1.76. The molecular weight excluding hydrogens is 218 g/mol. The van der Waals surface area contributed by atoms with Crippen LogP contribution in [0.3, 0.4) is 0 Å². The van der Waals surface area contributed by atoms with Crippen molar-refractivity contribution in [2.45, 2.75) is 0 Å². The van der Waals surface area contributed by atoms with Gasteiger partial charge < -0.3 is 10.6 Å². The molecule has 1 aromatic heterocycles. The van der Waals surface area contributed by atoms with Crippen LogP contribution in [-0.2, 0) is 0 Å². The van der Waals surface area contributed by atoms with Gasteiger partial charge in [-0.05, 0) is 18.2 Å². The Balaban J connectivity index is 2.19. The molecule has 0 atom stereocenters. The van der Waals surface area contributed by atoms with Gasteiger partial charge in [-0.25, -0.2) is 14.8 Å². The second kappa shape index (κ2) is 3.44. The molecular formula is C11H9N5O. The normalized spacial score (nSPS) is 16.2. The zero-order chi connectivity index (χ0) is 11.8. The molecule has 6 nitrogen and oxygen atoms in total. The van der Waals surface area contributed by atoms with Crippen LogP contribution in [0, 0.1) is 0 Å². The first-order chi connectivity index (χ1) is 8.27. The molecule has 3 heterocycles. The van der Waals surface area contributed by atoms with Crippen LogP contribution < -0.4 is 5.73 Å². The molecule has 0 bridgehead atoms. The first-order valence-electron chi connectivity index (χ1n) is 5.02. The Morgan fingerprint density at radius 1 is 1.29 bits per heavy atom. The van der Waals surface area contributed by atoms with Crippen molar-refractivity contribution in [1.82, 2.24) is 14.5 Å². The average molecular weight is 227 g/mol. The molecule has 0 aromatic carbocycles. The molecule has 1 amide bonds. The summed E-state index contributed by atoms with van der Waals surface area (Å²) in [6.45, 7) is 0. The maximum absolute atomic E-state index is 11.2. The van der Waals surface area contributed by atoms with E-state index in [-0.39, 0.29) is 0 Å². The van der Waals surface area contributed by atoms with Crippen LogP contribution in [0.15, 0.2) is 42.1 Å². The van der Waals surface area contributed by atoms with Gasteiger partial charge in [-0.15, -0.1) is 0 Å². The molecule has 0 spiro atoms. The van der Waals surface area contributed by atoms with Crippen LogP contribution in [0.1, 0.15) is 11.4 Å². The maximum atomic E-state index is 11.2. The number of rotatable bonds is 0. The second-order valence-electron chi connectivity index (χ2n) is 3.55. The summed E-state index contributed by atoms with van der Waals surface area (Å²) in [5.74, 6) is 0.674. The van der Waals surface area contributed by atoms with Crippen LogP contribution in [0.4, 0.5) is 4.79 Å². The van der Waals surface area contributed by atoms with E-state index < -0.39 is 6.03 Å². The molecule has 17 heavy (non-hydrogen) atoms. The van der Waals surface area contributed by atoms with Gasteiger partial charge in [0.1, 0.15) is 12.0 Å². The standard InChI is InChI=1S/C11H9N5O/c12-11(17)16-7-14-9-8(16)3-6-15-5-2-1-4-13-10(9)15/h1-7H,(H2,12,17). The van der Waals surface area contributed by atoms with Crippen molar-refractivity contribution in [2.24, 2.45) is 10.7 Å². The summed E-state index contributed by atoms with van der Waals surface area (Å²) in [5, 5.41) is 0. The number of fused-ring (bicyclic) bond motifs is 3. The summed E-state index contributed by atoms with van der Waals surface area (Å²) in [4.78, 5) is 21.5. The third-order valence-electron chi connectivity index (χ3n) is 2.53. The van der Waals surface area contributed by atoms with E-state index in [1.54, 1.807) is 12.3 Å². The third-order valence-corrected chi connectivity index (χ3v) is 2.53. The minimum Gasteiger partial charge on any atom is -0.351 e. The Bertz CT molecular complexity index is 605. The number of aromatic nitrogens is 2. The molecule has 0 fully saturated rings. The number of aliphatic imine (C=N–C) groups is 1. The fourth-order valence-corrected chi connectivity index (χ4v) is 1.76. The number of carbonyl (C=O) groups excluding carboxylic acids is 1. The molecule has 6 heteroatoms. The number of hydrogen-bond donors (Lipinski definition) is 1. The molecule has 0 saturated carbocycles. The van der Waals surface area contributed by atoms with Gasteiger partial charge >= 0.3 is 6.03 Å². The number of nitrogens with two attached hydrogens (primary N) is 1. The molecule has 0 radical (unpaired) electrons. The second-order valence-corrected chi connectivity index (χ2v) is 3.55. The van der Waals surface area contributed by atoms with Crippen molar-refractivity contribution in [3.8, 4) is 0 Å². The van der Waals surface area contributed by atoms with Crippen LogP contribution in [0.2, 0.25) is 0 Å². The highest BCUT2D eigenvalue weighted by Gasteiger charge is 2.23. The van der Waals surface area contributed by atoms with Gasteiger partial charge in [0.05, 0.1) is 5.69 Å². The van der Waals surface area contributed by atoms with Crippen molar-refractivity contribution in [1.29, 1.82) is 0 Å². The Morgan fingerprint density at radius 3 is 3.00 bits per heavy atom. The lowest BCUT2D eigenvalue weighted by atomic mass is 10.2. The third kappa shape index (κ3) is 1.38. The highest BCUT2D eigenvalue weighted by Crippen LogP contribution is 2.20. The number of carbonyl (C=O) groups is 1. The predicted molar refractivity (Wildman–Crippen MR) is 62.9 cm³/mol. The van der Waals surface area contributed by atoms with E-state index in [1.165, 1.54) is 10.9 Å². The van der Waals surface area contributed by atoms with Gasteiger partial charge in [0.25, 0.3) is 0 Å².